The Labute approximate surface area is 132 Å². The van der Waals surface area contributed by atoms with E-state index in [4.69, 9.17) is 0 Å². The first-order valence-electron chi connectivity index (χ1n) is 6.52. The van der Waals surface area contributed by atoms with Crippen LogP contribution in [0.15, 0.2) is 34.7 Å². The van der Waals surface area contributed by atoms with Gasteiger partial charge in [-0.25, -0.2) is 0 Å². The molecule has 1 heterocycles. The minimum atomic E-state index is -0.210. The molecule has 0 unspecified atom stereocenters. The van der Waals surface area contributed by atoms with E-state index in [1.54, 1.807) is 0 Å². The van der Waals surface area contributed by atoms with Crippen LogP contribution in [0.3, 0.4) is 0 Å². The summed E-state index contributed by atoms with van der Waals surface area (Å²) in [6.07, 6.45) is 0. The molecule has 0 saturated carbocycles. The second-order valence-corrected chi connectivity index (χ2v) is 7.65. The second-order valence-electron chi connectivity index (χ2n) is 5.45. The Balaban J connectivity index is 1.85. The smallest absolute Gasteiger partial charge is 0.230 e. The Morgan fingerprint density at radius 3 is 2.62 bits per heavy atom. The van der Waals surface area contributed by atoms with Crippen LogP contribution in [0.4, 0.5) is 10.8 Å². The van der Waals surface area contributed by atoms with Crippen molar-refractivity contribution in [3.8, 4) is 0 Å². The van der Waals surface area contributed by atoms with E-state index in [9.17, 15) is 4.79 Å². The van der Waals surface area contributed by atoms with E-state index in [1.165, 1.54) is 23.1 Å². The lowest BCUT2D eigenvalue weighted by Gasteiger charge is -2.19. The van der Waals surface area contributed by atoms with Crippen LogP contribution in [0.25, 0.3) is 0 Å². The van der Waals surface area contributed by atoms with Gasteiger partial charge in [-0.05, 0) is 32.9 Å². The first kappa shape index (κ1) is 15.8. The fourth-order valence-corrected chi connectivity index (χ4v) is 3.12. The number of hydrogen-bond donors (Lipinski definition) is 2. The summed E-state index contributed by atoms with van der Waals surface area (Å²) in [6, 6.07) is 9.79. The van der Waals surface area contributed by atoms with Crippen molar-refractivity contribution >= 4 is 39.8 Å². The van der Waals surface area contributed by atoms with Crippen molar-refractivity contribution in [1.29, 1.82) is 0 Å². The molecule has 1 amide bonds. The molecule has 2 N–H and O–H groups in total. The van der Waals surface area contributed by atoms with Gasteiger partial charge < -0.3 is 10.6 Å². The molecular formula is C14H18N4OS2. The first-order valence-corrected chi connectivity index (χ1v) is 8.32. The molecule has 7 heteroatoms. The Morgan fingerprint density at radius 1 is 1.24 bits per heavy atom. The van der Waals surface area contributed by atoms with Crippen molar-refractivity contribution in [1.82, 2.24) is 15.5 Å². The summed E-state index contributed by atoms with van der Waals surface area (Å²) < 4.78 is 0.775. The number of hydrogen-bond acceptors (Lipinski definition) is 6. The molecule has 0 spiro atoms. The SMILES string of the molecule is CC(C)(C)NC(=O)CSc1nnc(Nc2ccccc2)s1. The molecule has 2 rings (SSSR count). The van der Waals surface area contributed by atoms with Crippen molar-refractivity contribution < 1.29 is 4.79 Å². The fraction of sp³-hybridized carbons (Fsp3) is 0.357. The number of para-hydroxylation sites is 1. The van der Waals surface area contributed by atoms with E-state index in [2.05, 4.69) is 20.8 Å². The van der Waals surface area contributed by atoms with Crippen LogP contribution in [0.2, 0.25) is 0 Å². The van der Waals surface area contributed by atoms with Gasteiger partial charge in [-0.15, -0.1) is 10.2 Å². The molecule has 0 saturated heterocycles. The zero-order valence-corrected chi connectivity index (χ0v) is 13.8. The van der Waals surface area contributed by atoms with Gasteiger partial charge in [0.25, 0.3) is 0 Å². The van der Waals surface area contributed by atoms with Gasteiger partial charge in [0.15, 0.2) is 4.34 Å². The van der Waals surface area contributed by atoms with Crippen LogP contribution in [0.5, 0.6) is 0 Å². The summed E-state index contributed by atoms with van der Waals surface area (Å²) in [5, 5.41) is 15.0. The van der Waals surface area contributed by atoms with Crippen molar-refractivity contribution in [2.24, 2.45) is 0 Å². The summed E-state index contributed by atoms with van der Waals surface area (Å²) in [7, 11) is 0. The molecule has 112 valence electrons. The van der Waals surface area contributed by atoms with Crippen LogP contribution >= 0.6 is 23.1 Å². The number of nitrogens with one attached hydrogen (secondary N) is 2. The number of rotatable bonds is 5. The summed E-state index contributed by atoms with van der Waals surface area (Å²) in [6.45, 7) is 5.88. The molecule has 0 bridgehead atoms. The zero-order chi connectivity index (χ0) is 15.3. The van der Waals surface area contributed by atoms with Gasteiger partial charge in [0.1, 0.15) is 0 Å². The van der Waals surface area contributed by atoms with Crippen LogP contribution in [-0.4, -0.2) is 27.4 Å². The number of aromatic nitrogens is 2. The van der Waals surface area contributed by atoms with E-state index >= 15 is 0 Å². The zero-order valence-electron chi connectivity index (χ0n) is 12.2. The number of amides is 1. The highest BCUT2D eigenvalue weighted by molar-refractivity contribution is 8.01. The van der Waals surface area contributed by atoms with Crippen LogP contribution in [-0.2, 0) is 4.79 Å². The van der Waals surface area contributed by atoms with Gasteiger partial charge in [-0.2, -0.15) is 0 Å². The Bertz CT molecular complexity index is 593. The summed E-state index contributed by atoms with van der Waals surface area (Å²) >= 11 is 2.83. The maximum atomic E-state index is 11.7. The quantitative estimate of drug-likeness (QED) is 0.827. The third-order valence-corrected chi connectivity index (χ3v) is 4.24. The lowest BCUT2D eigenvalue weighted by atomic mass is 10.1. The molecule has 0 aliphatic heterocycles. The maximum absolute atomic E-state index is 11.7. The van der Waals surface area contributed by atoms with Gasteiger partial charge in [0.05, 0.1) is 5.75 Å². The average molecular weight is 322 g/mol. The normalized spacial score (nSPS) is 11.2. The molecule has 0 aliphatic carbocycles. The molecule has 0 fully saturated rings. The van der Waals surface area contributed by atoms with Gasteiger partial charge in [-0.1, -0.05) is 41.3 Å². The van der Waals surface area contributed by atoms with Crippen molar-refractivity contribution in [2.75, 3.05) is 11.1 Å². The molecule has 0 radical (unpaired) electrons. The van der Waals surface area contributed by atoms with Gasteiger partial charge in [0, 0.05) is 11.2 Å². The molecule has 21 heavy (non-hydrogen) atoms. The molecule has 2 aromatic rings. The van der Waals surface area contributed by atoms with E-state index in [0.29, 0.717) is 5.75 Å². The largest absolute Gasteiger partial charge is 0.351 e. The number of anilines is 2. The van der Waals surface area contributed by atoms with E-state index < -0.39 is 0 Å². The van der Waals surface area contributed by atoms with E-state index in [0.717, 1.165) is 15.2 Å². The number of nitrogens with zero attached hydrogens (tertiary/aromatic N) is 2. The molecular weight excluding hydrogens is 304 g/mol. The van der Waals surface area contributed by atoms with Gasteiger partial charge in [0.2, 0.25) is 11.0 Å². The fourth-order valence-electron chi connectivity index (χ4n) is 1.55. The molecule has 5 nitrogen and oxygen atoms in total. The van der Waals surface area contributed by atoms with E-state index in [1.807, 2.05) is 51.1 Å². The van der Waals surface area contributed by atoms with Crippen molar-refractivity contribution in [2.45, 2.75) is 30.6 Å². The topological polar surface area (TPSA) is 66.9 Å². The summed E-state index contributed by atoms with van der Waals surface area (Å²) in [5.74, 6) is 0.345. The number of thioether (sulfide) groups is 1. The number of carbonyl (C=O) groups is 1. The molecule has 0 aliphatic rings. The average Bonchev–Trinajstić information content (AvgIpc) is 2.83. The highest BCUT2D eigenvalue weighted by Crippen LogP contribution is 2.27. The third-order valence-electron chi connectivity index (χ3n) is 2.27. The third kappa shape index (κ3) is 5.73. The van der Waals surface area contributed by atoms with Crippen molar-refractivity contribution in [3.63, 3.8) is 0 Å². The Hall–Kier alpha value is -1.60. The predicted molar refractivity (Wildman–Crippen MR) is 88.3 cm³/mol. The van der Waals surface area contributed by atoms with E-state index in [-0.39, 0.29) is 11.4 Å². The standard InChI is InChI=1S/C14H18N4OS2/c1-14(2,3)16-11(19)9-20-13-18-17-12(21-13)15-10-7-5-4-6-8-10/h4-8H,9H2,1-3H3,(H,15,17)(H,16,19). The molecule has 1 aromatic heterocycles. The summed E-state index contributed by atoms with van der Waals surface area (Å²) in [4.78, 5) is 11.7. The maximum Gasteiger partial charge on any atom is 0.230 e. The Morgan fingerprint density at radius 2 is 1.95 bits per heavy atom. The highest BCUT2D eigenvalue weighted by Gasteiger charge is 2.14. The number of benzene rings is 1. The van der Waals surface area contributed by atoms with Crippen molar-refractivity contribution in [3.05, 3.63) is 30.3 Å². The van der Waals surface area contributed by atoms with Gasteiger partial charge >= 0.3 is 0 Å². The minimum absolute atomic E-state index is 0.000249. The van der Waals surface area contributed by atoms with Crippen LogP contribution in [0.1, 0.15) is 20.8 Å². The van der Waals surface area contributed by atoms with Crippen LogP contribution in [0, 0.1) is 0 Å². The van der Waals surface area contributed by atoms with Crippen LogP contribution < -0.4 is 10.6 Å². The monoisotopic (exact) mass is 322 g/mol. The number of carbonyl (C=O) groups excluding carboxylic acids is 1. The minimum Gasteiger partial charge on any atom is -0.351 e. The Kier molecular flexibility index (Phi) is 5.19. The second kappa shape index (κ2) is 6.91. The highest BCUT2D eigenvalue weighted by atomic mass is 32.2. The predicted octanol–water partition coefficient (Wildman–Crippen LogP) is 3.29. The first-order chi connectivity index (χ1) is 9.92. The molecule has 0 atom stereocenters. The molecule has 1 aromatic carbocycles. The lowest BCUT2D eigenvalue weighted by Crippen LogP contribution is -2.41. The van der Waals surface area contributed by atoms with Gasteiger partial charge in [-0.3, -0.25) is 4.79 Å². The summed E-state index contributed by atoms with van der Waals surface area (Å²) in [5.41, 5.74) is 0.759. The lowest BCUT2D eigenvalue weighted by molar-refractivity contribution is -0.119.